The highest BCUT2D eigenvalue weighted by atomic mass is 33.4. The van der Waals surface area contributed by atoms with Crippen LogP contribution in [0.15, 0.2) is 72.8 Å². The van der Waals surface area contributed by atoms with Crippen LogP contribution in [0.1, 0.15) is 203 Å². The van der Waals surface area contributed by atoms with Crippen molar-refractivity contribution < 1.29 is 0 Å². The van der Waals surface area contributed by atoms with Crippen molar-refractivity contribution in [3.63, 3.8) is 0 Å². The van der Waals surface area contributed by atoms with Crippen LogP contribution in [0.4, 0.5) is 22.7 Å². The minimum absolute atomic E-state index is 0.161. The zero-order valence-electron chi connectivity index (χ0n) is 44.5. The van der Waals surface area contributed by atoms with Crippen LogP contribution < -0.4 is 19.6 Å². The molecule has 0 aliphatic carbocycles. The molecular formula is C54H76N4P12. The Kier molecular flexibility index (Phi) is 14.6. The van der Waals surface area contributed by atoms with Gasteiger partial charge in [0.25, 0.3) is 0 Å². The topological polar surface area (TPSA) is 13.0 Å². The Morgan fingerprint density at radius 1 is 0.286 bits per heavy atom. The van der Waals surface area contributed by atoms with Gasteiger partial charge in [0, 0.05) is 64.7 Å². The lowest BCUT2D eigenvalue weighted by Crippen LogP contribution is -2.34. The first-order valence-corrected chi connectivity index (χ1v) is 52.7. The summed E-state index contributed by atoms with van der Waals surface area (Å²) in [6, 6.07) is 29.3. The Labute approximate surface area is 431 Å². The van der Waals surface area contributed by atoms with Crippen LogP contribution in [0.2, 0.25) is 0 Å². The van der Waals surface area contributed by atoms with E-state index >= 15 is 0 Å². The third-order valence-electron chi connectivity index (χ3n) is 15.0. The molecule has 8 heterocycles. The highest BCUT2D eigenvalue weighted by Gasteiger charge is 2.44. The first kappa shape index (κ1) is 51.5. The Balaban J connectivity index is 1.10. The van der Waals surface area contributed by atoms with Gasteiger partial charge >= 0.3 is 0 Å². The zero-order chi connectivity index (χ0) is 49.5. The summed E-state index contributed by atoms with van der Waals surface area (Å²) in [6.45, 7) is 43.9. The van der Waals surface area contributed by atoms with Crippen LogP contribution in [0.3, 0.4) is 0 Å². The van der Waals surface area contributed by atoms with Crippen molar-refractivity contribution in [3.8, 4) is 0 Å². The first-order chi connectivity index (χ1) is 33.4. The van der Waals surface area contributed by atoms with E-state index in [1.165, 1.54) is 0 Å². The lowest BCUT2D eigenvalue weighted by atomic mass is 9.92. The van der Waals surface area contributed by atoms with Crippen molar-refractivity contribution in [2.24, 2.45) is 0 Å². The first-order valence-electron chi connectivity index (χ1n) is 26.2. The summed E-state index contributed by atoms with van der Waals surface area (Å²) < 4.78 is 0. The molecule has 0 saturated carbocycles. The molecule has 4 aromatic carbocycles. The van der Waals surface area contributed by atoms with Crippen molar-refractivity contribution in [2.45, 2.75) is 158 Å². The summed E-state index contributed by atoms with van der Waals surface area (Å²) in [5, 5.41) is 0. The van der Waals surface area contributed by atoms with Crippen LogP contribution in [0.25, 0.3) is 0 Å². The van der Waals surface area contributed by atoms with E-state index in [-0.39, 0.29) is 13.2 Å². The summed E-state index contributed by atoms with van der Waals surface area (Å²) in [6.07, 6.45) is 3.19. The molecule has 70 heavy (non-hydrogen) atoms. The molecule has 16 heteroatoms. The van der Waals surface area contributed by atoms with Crippen molar-refractivity contribution in [2.75, 3.05) is 45.8 Å². The average Bonchev–Trinajstić information content (AvgIpc) is 3.70. The Hall–Kier alpha value is -0.580. The fourth-order valence-corrected chi connectivity index (χ4v) is 429. The van der Waals surface area contributed by atoms with Gasteiger partial charge in [0.1, 0.15) is 11.1 Å². The van der Waals surface area contributed by atoms with Crippen LogP contribution in [0, 0.1) is 0 Å². The van der Waals surface area contributed by atoms with E-state index in [0.29, 0.717) is 98.3 Å². The Bertz CT molecular complexity index is 3110. The standard InChI is InChI=1S/C54H76N4P12/c1-33(2)41-21-17-22-42(34(3)4)49(41)55-29-30-56(50-43(35(5)6)23-18-24-44(50)36(7)8)53(55)59-61-63-64(61)68-65-62(66-69(67(63)65)70(66)68)60-54-57(51-45(37(9)10)25-19-26-46(51)38(11)12)31-32-58(54)52-47(39(13)14)27-20-28-48(52)40(15)16/h17-28,33-40H,29-32H2,1-16H3. The normalized spacial score (nSPS) is 18.3. The van der Waals surface area contributed by atoms with Crippen molar-refractivity contribution >= 4 is 114 Å². The van der Waals surface area contributed by atoms with E-state index in [1.807, 2.05) is 7.89 Å². The molecule has 372 valence electrons. The number of fused-ring (bicyclic) bond motifs is 1. The molecule has 6 bridgehead atoms. The second-order valence-corrected chi connectivity index (χ2v) is 94.6. The Morgan fingerprint density at radius 2 is 0.457 bits per heavy atom. The molecule has 2 aliphatic rings. The predicted molar refractivity (Wildman–Crippen MR) is 341 cm³/mol. The molecule has 6 aromatic heterocycles. The van der Waals surface area contributed by atoms with E-state index in [1.54, 1.807) is 86.2 Å². The summed E-state index contributed by atoms with van der Waals surface area (Å²) in [7, 11) is 3.62. The lowest BCUT2D eigenvalue weighted by molar-refractivity contribution is 0.821. The van der Waals surface area contributed by atoms with E-state index in [9.17, 15) is 0 Å². The Morgan fingerprint density at radius 3 is 0.643 bits per heavy atom. The molecular weight excluding hydrogens is 1080 g/mol. The number of hydrogen-bond acceptors (Lipinski definition) is 0. The summed E-state index contributed by atoms with van der Waals surface area (Å²) in [5.74, 6) is 4.02. The average molecular weight is 1150 g/mol. The molecule has 4 nitrogen and oxygen atoms in total. The number of nitrogens with zero attached hydrogens (tertiary/aromatic N) is 4. The molecule has 2 fully saturated rings. The predicted octanol–water partition coefficient (Wildman–Crippen LogP) is 24.6. The third-order valence-corrected chi connectivity index (χ3v) is 187. The van der Waals surface area contributed by atoms with Gasteiger partial charge in [-0.1, -0.05) is 184 Å². The maximum Gasteiger partial charge on any atom is 0.146 e. The zero-order valence-corrected chi connectivity index (χ0v) is 55.3. The van der Waals surface area contributed by atoms with Crippen LogP contribution in [-0.4, -0.2) is 37.3 Å². The number of benzene rings is 4. The molecule has 0 radical (unpaired) electrons. The van der Waals surface area contributed by atoms with Crippen LogP contribution in [0.5, 0.6) is 0 Å². The molecule has 7 atom stereocenters. The lowest BCUT2D eigenvalue weighted by Gasteiger charge is -2.32. The maximum absolute atomic E-state index is 2.96. The summed E-state index contributed by atoms with van der Waals surface area (Å²) in [4.78, 5) is 11.8. The summed E-state index contributed by atoms with van der Waals surface area (Å²) >= 11 is 0. The van der Waals surface area contributed by atoms with Crippen LogP contribution >= 0.6 is 79.9 Å². The van der Waals surface area contributed by atoms with Gasteiger partial charge in [-0.15, -0.1) is 0 Å². The van der Waals surface area contributed by atoms with Gasteiger partial charge in [-0.05, 0) is 156 Å². The number of para-hydroxylation sites is 4. The molecule has 10 aromatic rings. The highest BCUT2D eigenvalue weighted by molar-refractivity contribution is 9.31. The SMILES string of the molecule is CC(C)c1cccc(C(C)C)c1N1CCN(c2c(C(C)C)cccc2C(C)C)C1=Pp1p2p1p1p3p(P=C4N(c5c(C(C)C)cccc5C(C)C)CCN4c4c(C(C)C)cccc4C(C)C)p4p(p23)p41. The highest BCUT2D eigenvalue weighted by Crippen LogP contribution is 3.26. The molecule has 0 amide bonds. The molecule has 2 aliphatic heterocycles. The smallest absolute Gasteiger partial charge is 0.146 e. The minimum Gasteiger partial charge on any atom is -0.321 e. The van der Waals surface area contributed by atoms with E-state index < -0.39 is 0 Å². The maximum atomic E-state index is 2.96. The van der Waals surface area contributed by atoms with Gasteiger partial charge in [-0.25, -0.2) is 0 Å². The third kappa shape index (κ3) is 8.29. The molecule has 12 rings (SSSR count). The monoisotopic (exact) mass is 1150 g/mol. The van der Waals surface area contributed by atoms with Gasteiger partial charge < -0.3 is 19.6 Å². The molecule has 7 unspecified atom stereocenters. The largest absolute Gasteiger partial charge is 0.321 e. The van der Waals surface area contributed by atoms with Gasteiger partial charge in [0.15, 0.2) is 0 Å². The van der Waals surface area contributed by atoms with E-state index in [4.69, 9.17) is 0 Å². The fourth-order valence-electron chi connectivity index (χ4n) is 11.4. The minimum atomic E-state index is 0.161. The van der Waals surface area contributed by atoms with Gasteiger partial charge in [-0.3, -0.25) is 0 Å². The van der Waals surface area contributed by atoms with Crippen molar-refractivity contribution in [1.29, 1.82) is 0 Å². The quantitative estimate of drug-likeness (QED) is 0.101. The fraction of sp³-hybridized carbons (Fsp3) is 0.519. The summed E-state index contributed by atoms with van der Waals surface area (Å²) in [5.41, 5.74) is 22.2. The van der Waals surface area contributed by atoms with Gasteiger partial charge in [0.05, 0.1) is 0 Å². The van der Waals surface area contributed by atoms with Gasteiger partial charge in [-0.2, -0.15) is 0 Å². The van der Waals surface area contributed by atoms with E-state index in [2.05, 4.69) is 203 Å². The van der Waals surface area contributed by atoms with Crippen LogP contribution in [-0.2, 0) is 0 Å². The molecule has 0 N–H and O–H groups in total. The number of rotatable bonds is 14. The van der Waals surface area contributed by atoms with Gasteiger partial charge in [0.2, 0.25) is 0 Å². The number of hydrogen-bond donors (Lipinski definition) is 0. The van der Waals surface area contributed by atoms with Crippen molar-refractivity contribution in [1.82, 2.24) is 0 Å². The van der Waals surface area contributed by atoms with E-state index in [0.717, 1.165) is 26.2 Å². The second-order valence-electron chi connectivity index (χ2n) is 22.5. The second kappa shape index (κ2) is 19.8. The number of anilines is 4. The molecule has 0 spiro atoms. The van der Waals surface area contributed by atoms with Crippen molar-refractivity contribution in [3.05, 3.63) is 117 Å². The molecule has 2 saturated heterocycles.